The monoisotopic (exact) mass is 420 g/mol. The SMILES string of the molecule is O=C(Nc1nc(-c2ccc(F)c(F)c2)cs1)c1ccc(C(=O)c2ccccc2)cc1. The smallest absolute Gasteiger partial charge is 0.257 e. The minimum atomic E-state index is -0.962. The summed E-state index contributed by atoms with van der Waals surface area (Å²) in [6, 6.07) is 18.7. The highest BCUT2D eigenvalue weighted by molar-refractivity contribution is 7.14. The molecule has 0 aliphatic carbocycles. The predicted molar refractivity (Wildman–Crippen MR) is 112 cm³/mol. The van der Waals surface area contributed by atoms with Crippen LogP contribution in [-0.4, -0.2) is 16.7 Å². The second kappa shape index (κ2) is 8.34. The van der Waals surface area contributed by atoms with Crippen LogP contribution in [0.4, 0.5) is 13.9 Å². The summed E-state index contributed by atoms with van der Waals surface area (Å²) in [4.78, 5) is 29.2. The third-order valence-corrected chi connectivity index (χ3v) is 5.14. The first-order valence-electron chi connectivity index (χ1n) is 8.93. The lowest BCUT2D eigenvalue weighted by atomic mass is 10.0. The van der Waals surface area contributed by atoms with Crippen LogP contribution in [0.15, 0.2) is 78.2 Å². The van der Waals surface area contributed by atoms with Crippen LogP contribution < -0.4 is 5.32 Å². The number of ketones is 1. The molecule has 0 aliphatic heterocycles. The Labute approximate surface area is 174 Å². The van der Waals surface area contributed by atoms with Crippen molar-refractivity contribution in [3.63, 3.8) is 0 Å². The second-order valence-corrected chi connectivity index (χ2v) is 7.25. The van der Waals surface area contributed by atoms with Crippen LogP contribution in [0.25, 0.3) is 11.3 Å². The van der Waals surface area contributed by atoms with E-state index in [2.05, 4.69) is 10.3 Å². The molecule has 4 aromatic rings. The van der Waals surface area contributed by atoms with Crippen molar-refractivity contribution in [2.75, 3.05) is 5.32 Å². The molecule has 4 nitrogen and oxygen atoms in total. The molecule has 0 unspecified atom stereocenters. The molecule has 4 rings (SSSR count). The van der Waals surface area contributed by atoms with Gasteiger partial charge in [0.1, 0.15) is 0 Å². The molecule has 1 amide bonds. The Morgan fingerprint density at radius 2 is 1.47 bits per heavy atom. The zero-order valence-corrected chi connectivity index (χ0v) is 16.2. The van der Waals surface area contributed by atoms with Crippen molar-refractivity contribution in [3.8, 4) is 11.3 Å². The van der Waals surface area contributed by atoms with Crippen molar-refractivity contribution in [2.24, 2.45) is 0 Å². The average molecular weight is 420 g/mol. The van der Waals surface area contributed by atoms with E-state index in [1.54, 1.807) is 53.9 Å². The van der Waals surface area contributed by atoms with Crippen LogP contribution in [0, 0.1) is 11.6 Å². The summed E-state index contributed by atoms with van der Waals surface area (Å²) in [5.74, 6) is -2.41. The van der Waals surface area contributed by atoms with Crippen molar-refractivity contribution in [1.82, 2.24) is 4.98 Å². The van der Waals surface area contributed by atoms with Crippen LogP contribution in [0.2, 0.25) is 0 Å². The van der Waals surface area contributed by atoms with Crippen molar-refractivity contribution >= 4 is 28.2 Å². The maximum Gasteiger partial charge on any atom is 0.257 e. The zero-order chi connectivity index (χ0) is 21.1. The fraction of sp³-hybridized carbons (Fsp3) is 0. The van der Waals surface area contributed by atoms with Crippen LogP contribution in [-0.2, 0) is 0 Å². The first-order chi connectivity index (χ1) is 14.5. The number of amides is 1. The molecule has 0 spiro atoms. The number of carbonyl (C=O) groups excluding carboxylic acids is 2. The number of anilines is 1. The van der Waals surface area contributed by atoms with Gasteiger partial charge in [0, 0.05) is 27.6 Å². The lowest BCUT2D eigenvalue weighted by molar-refractivity contribution is 0.102. The van der Waals surface area contributed by atoms with Gasteiger partial charge in [-0.3, -0.25) is 14.9 Å². The fourth-order valence-electron chi connectivity index (χ4n) is 2.82. The molecule has 0 atom stereocenters. The number of hydrogen-bond donors (Lipinski definition) is 1. The van der Waals surface area contributed by atoms with E-state index in [1.807, 2.05) is 6.07 Å². The topological polar surface area (TPSA) is 59.1 Å². The standard InChI is InChI=1S/C23H14F2N2O2S/c24-18-11-10-17(12-19(18)25)20-13-30-23(26-20)27-22(29)16-8-6-15(7-9-16)21(28)14-4-2-1-3-5-14/h1-13H,(H,26,27,29). The summed E-state index contributed by atoms with van der Waals surface area (Å²) in [6.45, 7) is 0. The molecule has 7 heteroatoms. The van der Waals surface area contributed by atoms with E-state index in [4.69, 9.17) is 0 Å². The molecule has 1 N–H and O–H groups in total. The van der Waals surface area contributed by atoms with Gasteiger partial charge in [-0.1, -0.05) is 42.5 Å². The molecule has 0 saturated carbocycles. The highest BCUT2D eigenvalue weighted by Crippen LogP contribution is 2.26. The Morgan fingerprint density at radius 1 is 0.800 bits per heavy atom. The number of thiazole rings is 1. The van der Waals surface area contributed by atoms with E-state index >= 15 is 0 Å². The molecular weight excluding hydrogens is 406 g/mol. The zero-order valence-electron chi connectivity index (χ0n) is 15.4. The largest absolute Gasteiger partial charge is 0.298 e. The normalized spacial score (nSPS) is 10.6. The summed E-state index contributed by atoms with van der Waals surface area (Å²) in [6.07, 6.45) is 0. The van der Waals surface area contributed by atoms with E-state index < -0.39 is 11.6 Å². The summed E-state index contributed by atoms with van der Waals surface area (Å²) in [7, 11) is 0. The minimum Gasteiger partial charge on any atom is -0.298 e. The molecule has 1 aromatic heterocycles. The quantitative estimate of drug-likeness (QED) is 0.429. The molecule has 148 valence electrons. The van der Waals surface area contributed by atoms with Gasteiger partial charge in [0.2, 0.25) is 0 Å². The number of hydrogen-bond acceptors (Lipinski definition) is 4. The summed E-state index contributed by atoms with van der Waals surface area (Å²) >= 11 is 1.17. The number of aromatic nitrogens is 1. The first-order valence-corrected chi connectivity index (χ1v) is 9.81. The molecule has 3 aromatic carbocycles. The van der Waals surface area contributed by atoms with E-state index in [9.17, 15) is 18.4 Å². The van der Waals surface area contributed by atoms with E-state index in [1.165, 1.54) is 17.4 Å². The third kappa shape index (κ3) is 4.16. The average Bonchev–Trinajstić information content (AvgIpc) is 3.24. The third-order valence-electron chi connectivity index (χ3n) is 4.39. The first kappa shape index (κ1) is 19.6. The van der Waals surface area contributed by atoms with Gasteiger partial charge in [-0.15, -0.1) is 11.3 Å². The Kier molecular flexibility index (Phi) is 5.45. The van der Waals surface area contributed by atoms with Gasteiger partial charge in [0.25, 0.3) is 5.91 Å². The van der Waals surface area contributed by atoms with Gasteiger partial charge in [0.05, 0.1) is 5.69 Å². The Bertz CT molecular complexity index is 1220. The maximum absolute atomic E-state index is 13.4. The Balaban J connectivity index is 1.46. The minimum absolute atomic E-state index is 0.126. The number of carbonyl (C=O) groups is 2. The van der Waals surface area contributed by atoms with Gasteiger partial charge in [-0.05, 0) is 30.3 Å². The van der Waals surface area contributed by atoms with Crippen molar-refractivity contribution in [1.29, 1.82) is 0 Å². The van der Waals surface area contributed by atoms with Gasteiger partial charge in [-0.2, -0.15) is 0 Å². The predicted octanol–water partition coefficient (Wildman–Crippen LogP) is 5.57. The molecule has 0 saturated heterocycles. The summed E-state index contributed by atoms with van der Waals surface area (Å²) < 4.78 is 26.5. The molecular formula is C23H14F2N2O2S. The molecule has 0 aliphatic rings. The van der Waals surface area contributed by atoms with Crippen molar-refractivity contribution in [2.45, 2.75) is 0 Å². The van der Waals surface area contributed by atoms with Crippen molar-refractivity contribution < 1.29 is 18.4 Å². The highest BCUT2D eigenvalue weighted by Gasteiger charge is 2.13. The molecule has 1 heterocycles. The lowest BCUT2D eigenvalue weighted by Gasteiger charge is -2.04. The fourth-order valence-corrected chi connectivity index (χ4v) is 3.53. The van der Waals surface area contributed by atoms with Crippen molar-refractivity contribution in [3.05, 3.63) is 107 Å². The molecule has 30 heavy (non-hydrogen) atoms. The highest BCUT2D eigenvalue weighted by atomic mass is 32.1. The van der Waals surface area contributed by atoms with Crippen LogP contribution >= 0.6 is 11.3 Å². The number of rotatable bonds is 5. The van der Waals surface area contributed by atoms with E-state index in [0.717, 1.165) is 12.1 Å². The summed E-state index contributed by atoms with van der Waals surface area (Å²) in [5, 5.41) is 4.64. The molecule has 0 bridgehead atoms. The van der Waals surface area contributed by atoms with Gasteiger partial charge < -0.3 is 0 Å². The van der Waals surface area contributed by atoms with Crippen LogP contribution in [0.1, 0.15) is 26.3 Å². The van der Waals surface area contributed by atoms with Crippen LogP contribution in [0.3, 0.4) is 0 Å². The van der Waals surface area contributed by atoms with Crippen LogP contribution in [0.5, 0.6) is 0 Å². The molecule has 0 radical (unpaired) electrons. The van der Waals surface area contributed by atoms with E-state index in [-0.39, 0.29) is 11.7 Å². The number of benzene rings is 3. The Hall–Kier alpha value is -3.71. The Morgan fingerprint density at radius 3 is 2.17 bits per heavy atom. The second-order valence-electron chi connectivity index (χ2n) is 6.39. The van der Waals surface area contributed by atoms with Gasteiger partial charge >= 0.3 is 0 Å². The maximum atomic E-state index is 13.4. The number of nitrogens with zero attached hydrogens (tertiary/aromatic N) is 1. The number of halogens is 2. The van der Waals surface area contributed by atoms with E-state index in [0.29, 0.717) is 33.1 Å². The molecule has 0 fully saturated rings. The van der Waals surface area contributed by atoms with Gasteiger partial charge in [-0.25, -0.2) is 13.8 Å². The number of nitrogens with one attached hydrogen (secondary N) is 1. The van der Waals surface area contributed by atoms with Gasteiger partial charge in [0.15, 0.2) is 22.5 Å². The lowest BCUT2D eigenvalue weighted by Crippen LogP contribution is -2.12. The summed E-state index contributed by atoms with van der Waals surface area (Å²) in [5.41, 5.74) is 2.26.